The predicted molar refractivity (Wildman–Crippen MR) is 40.7 cm³/mol. The van der Waals surface area contributed by atoms with Gasteiger partial charge in [-0.3, -0.25) is 0 Å². The molecular formula is C6H8NO2P. The van der Waals surface area contributed by atoms with Crippen molar-refractivity contribution in [2.45, 2.75) is 6.42 Å². The molecule has 3 nitrogen and oxygen atoms in total. The molecule has 0 N–H and O–H groups in total. The summed E-state index contributed by atoms with van der Waals surface area (Å²) in [5.74, 6) is 1.23. The summed E-state index contributed by atoms with van der Waals surface area (Å²) in [6, 6.07) is 1.72. The predicted octanol–water partition coefficient (Wildman–Crippen LogP) is 1.57. The summed E-state index contributed by atoms with van der Waals surface area (Å²) in [5, 5.41) is 3.59. The SMILES string of the molecule is C=CCc1cc(OP)no1. The van der Waals surface area contributed by atoms with Gasteiger partial charge in [0.1, 0.15) is 5.76 Å². The van der Waals surface area contributed by atoms with Crippen molar-refractivity contribution in [3.8, 4) is 5.88 Å². The lowest BCUT2D eigenvalue weighted by Crippen LogP contribution is -1.71. The van der Waals surface area contributed by atoms with Crippen molar-refractivity contribution in [1.82, 2.24) is 5.16 Å². The first-order valence-corrected chi connectivity index (χ1v) is 3.27. The lowest BCUT2D eigenvalue weighted by atomic mass is 10.3. The van der Waals surface area contributed by atoms with Crippen LogP contribution in [-0.2, 0) is 6.42 Å². The molecule has 1 heterocycles. The smallest absolute Gasteiger partial charge is 0.256 e. The van der Waals surface area contributed by atoms with Crippen LogP contribution in [0.2, 0.25) is 0 Å². The van der Waals surface area contributed by atoms with Gasteiger partial charge in [-0.15, -0.1) is 6.58 Å². The van der Waals surface area contributed by atoms with Gasteiger partial charge in [0.15, 0.2) is 0 Å². The Hall–Kier alpha value is -0.820. The highest BCUT2D eigenvalue weighted by molar-refractivity contribution is 7.10. The fourth-order valence-corrected chi connectivity index (χ4v) is 0.699. The van der Waals surface area contributed by atoms with Gasteiger partial charge in [0.25, 0.3) is 5.88 Å². The molecule has 1 unspecified atom stereocenters. The van der Waals surface area contributed by atoms with Gasteiger partial charge in [-0.2, -0.15) is 0 Å². The van der Waals surface area contributed by atoms with Crippen molar-refractivity contribution >= 4 is 9.47 Å². The van der Waals surface area contributed by atoms with Gasteiger partial charge in [-0.25, -0.2) is 0 Å². The second kappa shape index (κ2) is 3.37. The van der Waals surface area contributed by atoms with Crippen LogP contribution in [0.15, 0.2) is 23.2 Å². The molecule has 1 aromatic rings. The molecule has 4 heteroatoms. The molecule has 10 heavy (non-hydrogen) atoms. The summed E-state index contributed by atoms with van der Waals surface area (Å²) in [5.41, 5.74) is 0. The zero-order valence-electron chi connectivity index (χ0n) is 5.41. The molecule has 0 saturated carbocycles. The van der Waals surface area contributed by atoms with Crippen LogP contribution in [0.5, 0.6) is 5.88 Å². The van der Waals surface area contributed by atoms with Crippen molar-refractivity contribution in [2.75, 3.05) is 0 Å². The number of aromatic nitrogens is 1. The van der Waals surface area contributed by atoms with E-state index < -0.39 is 0 Å². The van der Waals surface area contributed by atoms with E-state index >= 15 is 0 Å². The molecule has 0 spiro atoms. The molecule has 1 rings (SSSR count). The maximum absolute atomic E-state index is 4.84. The van der Waals surface area contributed by atoms with Crippen molar-refractivity contribution in [3.63, 3.8) is 0 Å². The van der Waals surface area contributed by atoms with E-state index in [-0.39, 0.29) is 0 Å². The summed E-state index contributed by atoms with van der Waals surface area (Å²) >= 11 is 0. The normalized spacial score (nSPS) is 9.30. The summed E-state index contributed by atoms with van der Waals surface area (Å²) in [4.78, 5) is 0. The summed E-state index contributed by atoms with van der Waals surface area (Å²) < 4.78 is 9.56. The Morgan fingerprint density at radius 3 is 3.20 bits per heavy atom. The third kappa shape index (κ3) is 1.58. The van der Waals surface area contributed by atoms with E-state index in [9.17, 15) is 0 Å². The monoisotopic (exact) mass is 157 g/mol. The van der Waals surface area contributed by atoms with E-state index in [1.807, 2.05) is 0 Å². The summed E-state index contributed by atoms with van der Waals surface area (Å²) in [7, 11) is 2.09. The summed E-state index contributed by atoms with van der Waals surface area (Å²) in [6.45, 7) is 3.56. The Balaban J connectivity index is 2.67. The molecule has 0 saturated heterocycles. The zero-order chi connectivity index (χ0) is 7.40. The average Bonchev–Trinajstić information content (AvgIpc) is 2.37. The van der Waals surface area contributed by atoms with Crippen LogP contribution in [0.1, 0.15) is 5.76 Å². The first kappa shape index (κ1) is 7.29. The maximum atomic E-state index is 4.84. The van der Waals surface area contributed by atoms with Gasteiger partial charge in [0.2, 0.25) is 0 Å². The molecule has 0 aliphatic heterocycles. The fourth-order valence-electron chi connectivity index (χ4n) is 0.588. The van der Waals surface area contributed by atoms with E-state index in [1.165, 1.54) is 0 Å². The average molecular weight is 157 g/mol. The van der Waals surface area contributed by atoms with Crippen LogP contribution in [-0.4, -0.2) is 5.16 Å². The number of hydrogen-bond donors (Lipinski definition) is 0. The van der Waals surface area contributed by atoms with Crippen LogP contribution in [0.25, 0.3) is 0 Å². The molecule has 0 bridgehead atoms. The molecular weight excluding hydrogens is 149 g/mol. The Labute approximate surface area is 61.3 Å². The maximum Gasteiger partial charge on any atom is 0.256 e. The summed E-state index contributed by atoms with van der Waals surface area (Å²) in [6.07, 6.45) is 2.42. The van der Waals surface area contributed by atoms with E-state index in [4.69, 9.17) is 9.05 Å². The van der Waals surface area contributed by atoms with Gasteiger partial charge in [0.05, 0.1) is 9.47 Å². The Kier molecular flexibility index (Phi) is 2.46. The molecule has 54 valence electrons. The van der Waals surface area contributed by atoms with Crippen molar-refractivity contribution in [3.05, 3.63) is 24.5 Å². The van der Waals surface area contributed by atoms with Crippen LogP contribution in [0.4, 0.5) is 0 Å². The van der Waals surface area contributed by atoms with Gasteiger partial charge >= 0.3 is 0 Å². The Morgan fingerprint density at radius 2 is 2.70 bits per heavy atom. The lowest BCUT2D eigenvalue weighted by Gasteiger charge is -1.83. The molecule has 0 aliphatic carbocycles. The molecule has 1 aromatic heterocycles. The highest BCUT2D eigenvalue weighted by Crippen LogP contribution is 2.13. The zero-order valence-corrected chi connectivity index (χ0v) is 6.56. The molecule has 0 radical (unpaired) electrons. The highest BCUT2D eigenvalue weighted by Gasteiger charge is 1.99. The van der Waals surface area contributed by atoms with Crippen LogP contribution in [0, 0.1) is 0 Å². The highest BCUT2D eigenvalue weighted by atomic mass is 31.0. The van der Waals surface area contributed by atoms with E-state index in [1.54, 1.807) is 12.1 Å². The van der Waals surface area contributed by atoms with Crippen LogP contribution in [0.3, 0.4) is 0 Å². The number of allylic oxidation sites excluding steroid dienone is 1. The van der Waals surface area contributed by atoms with Crippen LogP contribution >= 0.6 is 9.47 Å². The third-order valence-corrected chi connectivity index (χ3v) is 1.25. The lowest BCUT2D eigenvalue weighted by molar-refractivity contribution is 0.372. The largest absolute Gasteiger partial charge is 0.461 e. The molecule has 0 aliphatic rings. The molecule has 0 amide bonds. The van der Waals surface area contributed by atoms with Crippen molar-refractivity contribution in [1.29, 1.82) is 0 Å². The van der Waals surface area contributed by atoms with Gasteiger partial charge in [0, 0.05) is 12.5 Å². The molecule has 1 atom stereocenters. The van der Waals surface area contributed by atoms with Crippen molar-refractivity contribution in [2.24, 2.45) is 0 Å². The number of hydrogen-bond acceptors (Lipinski definition) is 3. The van der Waals surface area contributed by atoms with E-state index in [0.717, 1.165) is 5.76 Å². The quantitative estimate of drug-likeness (QED) is 0.493. The van der Waals surface area contributed by atoms with Gasteiger partial charge in [-0.05, 0) is 5.16 Å². The standard InChI is InChI=1S/C6H8NO2P/c1-2-3-5-4-6(9-10)7-8-5/h2,4H,1,3,10H2. The van der Waals surface area contributed by atoms with Gasteiger partial charge < -0.3 is 9.05 Å². The minimum absolute atomic E-state index is 0.474. The topological polar surface area (TPSA) is 35.3 Å². The van der Waals surface area contributed by atoms with Gasteiger partial charge in [-0.1, -0.05) is 6.08 Å². The number of nitrogens with zero attached hydrogens (tertiary/aromatic N) is 1. The molecule has 0 aromatic carbocycles. The minimum Gasteiger partial charge on any atom is -0.461 e. The van der Waals surface area contributed by atoms with E-state index in [0.29, 0.717) is 12.3 Å². The minimum atomic E-state index is 0.474. The Morgan fingerprint density at radius 1 is 1.90 bits per heavy atom. The second-order valence-electron chi connectivity index (χ2n) is 1.74. The fraction of sp³-hybridized carbons (Fsp3) is 0.167. The number of rotatable bonds is 3. The third-order valence-electron chi connectivity index (χ3n) is 1.00. The first-order valence-electron chi connectivity index (χ1n) is 2.80. The van der Waals surface area contributed by atoms with Crippen molar-refractivity contribution < 1.29 is 9.05 Å². The molecule has 0 fully saturated rings. The Bertz CT molecular complexity index is 221. The van der Waals surface area contributed by atoms with Crippen LogP contribution < -0.4 is 4.52 Å². The second-order valence-corrected chi connectivity index (χ2v) is 1.98. The first-order chi connectivity index (χ1) is 4.86. The van der Waals surface area contributed by atoms with E-state index in [2.05, 4.69) is 21.2 Å².